The molecule has 1 aromatic rings. The van der Waals surface area contributed by atoms with Crippen LogP contribution in [0.1, 0.15) is 19.3 Å². The highest BCUT2D eigenvalue weighted by Gasteiger charge is 2.39. The van der Waals surface area contributed by atoms with Crippen molar-refractivity contribution in [2.75, 3.05) is 11.9 Å². The van der Waals surface area contributed by atoms with Crippen LogP contribution in [0.2, 0.25) is 5.02 Å². The average Bonchev–Trinajstić information content (AvgIpc) is 2.57. The molecule has 0 saturated heterocycles. The standard InChI is InChI=1S/C12H13ClF2IN/c13-10-5-9(16)1-2-11(10)17-7-8-3-4-12(14,15)6-8/h1-2,5,8,17H,3-4,6-7H2. The molecule has 1 nitrogen and oxygen atoms in total. The number of anilines is 1. The summed E-state index contributed by atoms with van der Waals surface area (Å²) in [5, 5.41) is 3.79. The number of nitrogens with one attached hydrogen (secondary N) is 1. The molecule has 0 radical (unpaired) electrons. The molecule has 1 aromatic carbocycles. The Kier molecular flexibility index (Phi) is 4.13. The van der Waals surface area contributed by atoms with E-state index in [1.807, 2.05) is 18.2 Å². The Labute approximate surface area is 118 Å². The number of alkyl halides is 2. The molecule has 1 aliphatic rings. The van der Waals surface area contributed by atoms with Crippen LogP contribution in [0.5, 0.6) is 0 Å². The van der Waals surface area contributed by atoms with E-state index >= 15 is 0 Å². The Balaban J connectivity index is 1.90. The zero-order valence-corrected chi connectivity index (χ0v) is 12.1. The highest BCUT2D eigenvalue weighted by molar-refractivity contribution is 14.1. The fraction of sp³-hybridized carbons (Fsp3) is 0.500. The molecular formula is C12H13ClF2IN. The summed E-state index contributed by atoms with van der Waals surface area (Å²) in [5.74, 6) is -2.43. The molecular weight excluding hydrogens is 358 g/mol. The van der Waals surface area contributed by atoms with Crippen molar-refractivity contribution in [1.82, 2.24) is 0 Å². The molecule has 0 heterocycles. The van der Waals surface area contributed by atoms with Crippen LogP contribution in [0.4, 0.5) is 14.5 Å². The fourth-order valence-electron chi connectivity index (χ4n) is 2.10. The molecule has 5 heteroatoms. The van der Waals surface area contributed by atoms with Crippen molar-refractivity contribution in [3.05, 3.63) is 26.8 Å². The molecule has 2 rings (SSSR count). The molecule has 0 bridgehead atoms. The topological polar surface area (TPSA) is 12.0 Å². The molecule has 17 heavy (non-hydrogen) atoms. The van der Waals surface area contributed by atoms with Gasteiger partial charge in [0, 0.05) is 23.0 Å². The first kappa shape index (κ1) is 13.3. The van der Waals surface area contributed by atoms with Gasteiger partial charge in [-0.25, -0.2) is 8.78 Å². The van der Waals surface area contributed by atoms with Crippen LogP contribution in [-0.4, -0.2) is 12.5 Å². The van der Waals surface area contributed by atoms with Gasteiger partial charge in [0.25, 0.3) is 0 Å². The summed E-state index contributed by atoms with van der Waals surface area (Å²) in [5.41, 5.74) is 0.822. The maximum absolute atomic E-state index is 13.0. The van der Waals surface area contributed by atoms with Gasteiger partial charge in [-0.15, -0.1) is 0 Å². The zero-order valence-electron chi connectivity index (χ0n) is 9.15. The lowest BCUT2D eigenvalue weighted by Crippen LogP contribution is -2.15. The number of rotatable bonds is 3. The van der Waals surface area contributed by atoms with Crippen molar-refractivity contribution >= 4 is 39.9 Å². The van der Waals surface area contributed by atoms with E-state index in [-0.39, 0.29) is 18.8 Å². The molecule has 0 amide bonds. The molecule has 1 atom stereocenters. The van der Waals surface area contributed by atoms with Crippen molar-refractivity contribution < 1.29 is 8.78 Å². The molecule has 1 saturated carbocycles. The van der Waals surface area contributed by atoms with Crippen molar-refractivity contribution in [3.63, 3.8) is 0 Å². The van der Waals surface area contributed by atoms with Crippen molar-refractivity contribution in [1.29, 1.82) is 0 Å². The number of benzene rings is 1. The summed E-state index contributed by atoms with van der Waals surface area (Å²) >= 11 is 8.24. The predicted molar refractivity (Wildman–Crippen MR) is 74.9 cm³/mol. The molecule has 0 aromatic heterocycles. The lowest BCUT2D eigenvalue weighted by molar-refractivity contribution is 0.00556. The third-order valence-electron chi connectivity index (χ3n) is 3.02. The van der Waals surface area contributed by atoms with Crippen LogP contribution in [0.25, 0.3) is 0 Å². The first-order valence-corrected chi connectivity index (χ1v) is 6.99. The number of hydrogen-bond acceptors (Lipinski definition) is 1. The highest BCUT2D eigenvalue weighted by Crippen LogP contribution is 2.39. The van der Waals surface area contributed by atoms with Crippen LogP contribution in [0.15, 0.2) is 18.2 Å². The van der Waals surface area contributed by atoms with Gasteiger partial charge >= 0.3 is 0 Å². The van der Waals surface area contributed by atoms with E-state index in [0.29, 0.717) is 18.0 Å². The molecule has 0 spiro atoms. The maximum atomic E-state index is 13.0. The van der Waals surface area contributed by atoms with Crippen LogP contribution >= 0.6 is 34.2 Å². The van der Waals surface area contributed by atoms with Crippen LogP contribution in [0.3, 0.4) is 0 Å². The zero-order chi connectivity index (χ0) is 12.5. The van der Waals surface area contributed by atoms with Gasteiger partial charge in [-0.05, 0) is 53.1 Å². The summed E-state index contributed by atoms with van der Waals surface area (Å²) in [6.07, 6.45) is 0.587. The first-order valence-electron chi connectivity index (χ1n) is 5.53. The van der Waals surface area contributed by atoms with Gasteiger partial charge in [0.05, 0.1) is 10.7 Å². The van der Waals surface area contributed by atoms with Crippen molar-refractivity contribution in [2.24, 2.45) is 5.92 Å². The summed E-state index contributed by atoms with van der Waals surface area (Å²) in [6, 6.07) is 5.68. The normalized spacial score (nSPS) is 22.7. The fourth-order valence-corrected chi connectivity index (χ4v) is 3.03. The molecule has 0 aliphatic heterocycles. The number of halogens is 4. The first-order chi connectivity index (χ1) is 7.96. The molecule has 1 aliphatic carbocycles. The van der Waals surface area contributed by atoms with E-state index in [2.05, 4.69) is 27.9 Å². The summed E-state index contributed by atoms with van der Waals surface area (Å²) in [6.45, 7) is 0.565. The second-order valence-electron chi connectivity index (χ2n) is 4.47. The van der Waals surface area contributed by atoms with Gasteiger partial charge in [0.1, 0.15) is 0 Å². The monoisotopic (exact) mass is 371 g/mol. The van der Waals surface area contributed by atoms with Crippen LogP contribution in [0, 0.1) is 9.49 Å². The van der Waals surface area contributed by atoms with E-state index in [1.54, 1.807) is 0 Å². The Morgan fingerprint density at radius 3 is 2.82 bits per heavy atom. The van der Waals surface area contributed by atoms with Gasteiger partial charge in [0.15, 0.2) is 0 Å². The van der Waals surface area contributed by atoms with Gasteiger partial charge in [0.2, 0.25) is 5.92 Å². The minimum Gasteiger partial charge on any atom is -0.384 e. The predicted octanol–water partition coefficient (Wildman–Crippen LogP) is 4.79. The van der Waals surface area contributed by atoms with E-state index < -0.39 is 5.92 Å². The van der Waals surface area contributed by atoms with Gasteiger partial charge in [-0.1, -0.05) is 11.6 Å². The Morgan fingerprint density at radius 2 is 2.24 bits per heavy atom. The van der Waals surface area contributed by atoms with Gasteiger partial charge in [-0.3, -0.25) is 0 Å². The lowest BCUT2D eigenvalue weighted by Gasteiger charge is -2.13. The largest absolute Gasteiger partial charge is 0.384 e. The van der Waals surface area contributed by atoms with Crippen LogP contribution < -0.4 is 5.32 Å². The lowest BCUT2D eigenvalue weighted by atomic mass is 10.1. The second-order valence-corrected chi connectivity index (χ2v) is 6.12. The van der Waals surface area contributed by atoms with E-state index in [9.17, 15) is 8.78 Å². The summed E-state index contributed by atoms with van der Waals surface area (Å²) in [4.78, 5) is 0. The molecule has 1 N–H and O–H groups in total. The van der Waals surface area contributed by atoms with E-state index in [0.717, 1.165) is 9.26 Å². The maximum Gasteiger partial charge on any atom is 0.248 e. The summed E-state index contributed by atoms with van der Waals surface area (Å²) in [7, 11) is 0. The molecule has 1 fully saturated rings. The van der Waals surface area contributed by atoms with Gasteiger partial charge < -0.3 is 5.32 Å². The second kappa shape index (κ2) is 5.26. The molecule has 1 unspecified atom stereocenters. The Morgan fingerprint density at radius 1 is 1.47 bits per heavy atom. The summed E-state index contributed by atoms with van der Waals surface area (Å²) < 4.78 is 27.1. The van der Waals surface area contributed by atoms with Gasteiger partial charge in [-0.2, -0.15) is 0 Å². The van der Waals surface area contributed by atoms with Crippen LogP contribution in [-0.2, 0) is 0 Å². The quantitative estimate of drug-likeness (QED) is 0.753. The van der Waals surface area contributed by atoms with Crippen molar-refractivity contribution in [2.45, 2.75) is 25.2 Å². The Hall–Kier alpha value is -0.100. The Bertz CT molecular complexity index is 411. The number of hydrogen-bond donors (Lipinski definition) is 1. The minimum absolute atomic E-state index is 0.0119. The SMILES string of the molecule is FC1(F)CCC(CNc2ccc(I)cc2Cl)C1. The highest BCUT2D eigenvalue weighted by atomic mass is 127. The third-order valence-corrected chi connectivity index (χ3v) is 4.00. The van der Waals surface area contributed by atoms with Crippen molar-refractivity contribution in [3.8, 4) is 0 Å². The van der Waals surface area contributed by atoms with E-state index in [1.165, 1.54) is 0 Å². The van der Waals surface area contributed by atoms with E-state index in [4.69, 9.17) is 11.6 Å². The smallest absolute Gasteiger partial charge is 0.248 e. The molecule has 94 valence electrons. The third kappa shape index (κ3) is 3.68. The average molecular weight is 372 g/mol. The minimum atomic E-state index is -2.47.